The van der Waals surface area contributed by atoms with Crippen LogP contribution in [-0.2, 0) is 9.59 Å². The number of aromatic nitrogens is 2. The lowest BCUT2D eigenvalue weighted by Gasteiger charge is -2.50. The van der Waals surface area contributed by atoms with Gasteiger partial charge in [0.25, 0.3) is 5.56 Å². The van der Waals surface area contributed by atoms with Gasteiger partial charge in [-0.15, -0.1) is 0 Å². The molecule has 12 heteroatoms. The van der Waals surface area contributed by atoms with Crippen LogP contribution >= 0.6 is 0 Å². The van der Waals surface area contributed by atoms with Crippen LogP contribution in [0.5, 0.6) is 0 Å². The fourth-order valence-electron chi connectivity index (χ4n) is 3.65. The minimum atomic E-state index is -0.875. The number of imide groups is 1. The van der Waals surface area contributed by atoms with Crippen molar-refractivity contribution in [3.05, 3.63) is 28.3 Å². The van der Waals surface area contributed by atoms with Crippen molar-refractivity contribution in [2.75, 3.05) is 5.73 Å². The third-order valence-electron chi connectivity index (χ3n) is 5.96. The summed E-state index contributed by atoms with van der Waals surface area (Å²) >= 11 is 0. The first-order chi connectivity index (χ1) is 11.9. The highest BCUT2D eigenvalue weighted by Crippen LogP contribution is 2.52. The highest BCUT2D eigenvalue weighted by molar-refractivity contribution is 6.63. The number of anilines is 1. The molecule has 0 bridgehead atoms. The summed E-state index contributed by atoms with van der Waals surface area (Å²) in [4.78, 5) is 42.9. The van der Waals surface area contributed by atoms with Crippen molar-refractivity contribution in [3.63, 3.8) is 0 Å². The standard InChI is InChI=1S/C14H19B5N4O3/c1-4-21-7-3-5(15)2-6(20)8(7)11(25)23(4)9-10(24)22-12(26)14(18,19)13(9,16)17/h2-3,9H,15-20H2,1H3,(H,22,24,26). The molecule has 2 aromatic rings. The third-order valence-corrected chi connectivity index (χ3v) is 5.96. The molecule has 1 aliphatic heterocycles. The van der Waals surface area contributed by atoms with E-state index in [9.17, 15) is 14.4 Å². The Morgan fingerprint density at radius 3 is 2.42 bits per heavy atom. The van der Waals surface area contributed by atoms with Gasteiger partial charge in [0, 0.05) is 5.69 Å². The second kappa shape index (κ2) is 5.56. The van der Waals surface area contributed by atoms with Gasteiger partial charge in [-0.25, -0.2) is 4.98 Å². The van der Waals surface area contributed by atoms with E-state index in [0.717, 1.165) is 5.46 Å². The number of fused-ring (bicyclic) bond motifs is 1. The Kier molecular flexibility index (Phi) is 3.94. The van der Waals surface area contributed by atoms with Gasteiger partial charge in [0.15, 0.2) is 0 Å². The average molecular weight is 345 g/mol. The Morgan fingerprint density at radius 2 is 1.81 bits per heavy atom. The molecular weight excluding hydrogens is 326 g/mol. The second-order valence-corrected chi connectivity index (χ2v) is 8.15. The number of nitrogens with two attached hydrogens (primary N) is 1. The van der Waals surface area contributed by atoms with Gasteiger partial charge in [-0.3, -0.25) is 24.3 Å². The molecule has 0 radical (unpaired) electrons. The molecule has 1 fully saturated rings. The number of nitrogens with one attached hydrogen (secondary N) is 1. The zero-order valence-corrected chi connectivity index (χ0v) is 15.9. The molecule has 1 aromatic carbocycles. The average Bonchev–Trinajstić information content (AvgIpc) is 2.48. The highest BCUT2D eigenvalue weighted by Gasteiger charge is 2.55. The fourth-order valence-corrected chi connectivity index (χ4v) is 3.65. The lowest BCUT2D eigenvalue weighted by atomic mass is 9.26. The molecule has 1 aliphatic rings. The number of hydrogen-bond acceptors (Lipinski definition) is 5. The number of nitrogens with zero attached hydrogens (tertiary/aromatic N) is 2. The Balaban J connectivity index is 2.36. The quantitative estimate of drug-likeness (QED) is 0.305. The van der Waals surface area contributed by atoms with E-state index >= 15 is 0 Å². The van der Waals surface area contributed by atoms with Crippen LogP contribution in [0.2, 0.25) is 10.4 Å². The molecule has 26 heavy (non-hydrogen) atoms. The summed E-state index contributed by atoms with van der Waals surface area (Å²) in [5.41, 5.74) is 7.44. The molecule has 2 heterocycles. The summed E-state index contributed by atoms with van der Waals surface area (Å²) in [6.45, 7) is 1.69. The maximum absolute atomic E-state index is 13.3. The predicted octanol–water partition coefficient (Wildman–Crippen LogP) is -5.49. The first kappa shape index (κ1) is 18.4. The smallest absolute Gasteiger partial charge is 0.264 e. The first-order valence-corrected chi connectivity index (χ1v) is 8.54. The van der Waals surface area contributed by atoms with E-state index in [1.165, 1.54) is 4.57 Å². The molecule has 1 saturated heterocycles. The number of benzene rings is 1. The first-order valence-electron chi connectivity index (χ1n) is 8.54. The lowest BCUT2D eigenvalue weighted by Crippen LogP contribution is -2.61. The van der Waals surface area contributed by atoms with Crippen LogP contribution in [0.1, 0.15) is 11.9 Å². The van der Waals surface area contributed by atoms with E-state index in [-0.39, 0.29) is 11.5 Å². The molecule has 128 valence electrons. The van der Waals surface area contributed by atoms with Crippen molar-refractivity contribution < 1.29 is 9.59 Å². The molecule has 3 N–H and O–H groups in total. The van der Waals surface area contributed by atoms with Gasteiger partial charge in [0.05, 0.1) is 10.9 Å². The Morgan fingerprint density at radius 1 is 1.19 bits per heavy atom. The van der Waals surface area contributed by atoms with Crippen LogP contribution in [0.3, 0.4) is 0 Å². The van der Waals surface area contributed by atoms with Crippen LogP contribution in [0.4, 0.5) is 5.69 Å². The minimum absolute atomic E-state index is 0.291. The zero-order valence-electron chi connectivity index (χ0n) is 15.9. The van der Waals surface area contributed by atoms with Gasteiger partial charge >= 0.3 is 0 Å². The van der Waals surface area contributed by atoms with Crippen LogP contribution < -0.4 is 22.1 Å². The molecule has 7 nitrogen and oxygen atoms in total. The summed E-state index contributed by atoms with van der Waals surface area (Å²) in [7, 11) is 9.07. The number of hydrogen-bond donors (Lipinski definition) is 2. The van der Waals surface area contributed by atoms with Gasteiger partial charge < -0.3 is 5.73 Å². The highest BCUT2D eigenvalue weighted by atomic mass is 16.2. The third kappa shape index (κ3) is 2.35. The van der Waals surface area contributed by atoms with Crippen molar-refractivity contribution in [1.82, 2.24) is 14.9 Å². The van der Waals surface area contributed by atoms with Crippen molar-refractivity contribution in [3.8, 4) is 0 Å². The Hall–Kier alpha value is -2.38. The molecular formula is C14H19B5N4O3. The molecule has 0 aliphatic carbocycles. The van der Waals surface area contributed by atoms with Crippen LogP contribution in [-0.4, -0.2) is 60.6 Å². The van der Waals surface area contributed by atoms with Crippen LogP contribution in [0.25, 0.3) is 10.9 Å². The largest absolute Gasteiger partial charge is 0.398 e. The normalized spacial score (nSPS) is 21.5. The zero-order chi connectivity index (χ0) is 19.6. The Labute approximate surface area is 155 Å². The summed E-state index contributed by atoms with van der Waals surface area (Å²) in [6.07, 6.45) is 0. The topological polar surface area (TPSA) is 107 Å². The van der Waals surface area contributed by atoms with Crippen LogP contribution in [0, 0.1) is 6.92 Å². The van der Waals surface area contributed by atoms with E-state index in [2.05, 4.69) is 10.3 Å². The maximum atomic E-state index is 13.3. The van der Waals surface area contributed by atoms with Gasteiger partial charge in [-0.05, 0) is 24.3 Å². The van der Waals surface area contributed by atoms with Crippen molar-refractivity contribution >= 4 is 73.1 Å². The van der Waals surface area contributed by atoms with E-state index in [4.69, 9.17) is 5.73 Å². The molecule has 1 aromatic heterocycles. The van der Waals surface area contributed by atoms with Gasteiger partial charge in [0.2, 0.25) is 11.8 Å². The van der Waals surface area contributed by atoms with E-state index < -0.39 is 22.4 Å². The number of rotatable bonds is 1. The fraction of sp³-hybridized carbons (Fsp3) is 0.286. The molecule has 0 spiro atoms. The van der Waals surface area contributed by atoms with E-state index in [1.54, 1.807) is 34.7 Å². The SMILES string of the molecule is Bc1cc(N)c2c(=O)n(C3C(=O)NC(=O)C(B)(B)C3(B)B)c(C)nc2c1. The molecule has 0 saturated carbocycles. The molecule has 3 rings (SSSR count). The summed E-state index contributed by atoms with van der Waals surface area (Å²) in [5, 5.41) is 1.03. The number of amides is 2. The number of piperidine rings is 1. The number of carbonyl (C=O) groups excluding carboxylic acids is 2. The minimum Gasteiger partial charge on any atom is -0.398 e. The molecule has 1 atom stereocenters. The number of carbonyl (C=O) groups is 2. The molecule has 2 amide bonds. The van der Waals surface area contributed by atoms with Gasteiger partial charge in [-0.1, -0.05) is 10.7 Å². The van der Waals surface area contributed by atoms with E-state index in [0.29, 0.717) is 22.4 Å². The summed E-state index contributed by atoms with van der Waals surface area (Å²) in [5.74, 6) is -0.444. The van der Waals surface area contributed by atoms with Gasteiger partial charge in [-0.2, -0.15) is 0 Å². The van der Waals surface area contributed by atoms with Crippen molar-refractivity contribution in [2.45, 2.75) is 23.4 Å². The van der Waals surface area contributed by atoms with Crippen molar-refractivity contribution in [2.24, 2.45) is 0 Å². The predicted molar refractivity (Wildman–Crippen MR) is 115 cm³/mol. The maximum Gasteiger partial charge on any atom is 0.264 e. The van der Waals surface area contributed by atoms with Crippen molar-refractivity contribution in [1.29, 1.82) is 0 Å². The van der Waals surface area contributed by atoms with Gasteiger partial charge in [0.1, 0.15) is 51.1 Å². The van der Waals surface area contributed by atoms with E-state index in [1.807, 2.05) is 23.5 Å². The van der Waals surface area contributed by atoms with Crippen LogP contribution in [0.15, 0.2) is 16.9 Å². The number of aryl methyl sites for hydroxylation is 1. The summed E-state index contributed by atoms with van der Waals surface area (Å²) in [6, 6.07) is 2.63. The summed E-state index contributed by atoms with van der Waals surface area (Å²) < 4.78 is 1.37. The number of nitrogen functional groups attached to an aromatic ring is 1. The monoisotopic (exact) mass is 346 g/mol. The Bertz CT molecular complexity index is 1030. The lowest BCUT2D eigenvalue weighted by molar-refractivity contribution is -0.137. The second-order valence-electron chi connectivity index (χ2n) is 8.15. The molecule has 1 unspecified atom stereocenters.